The van der Waals surface area contributed by atoms with Crippen LogP contribution in [0.2, 0.25) is 0 Å². The van der Waals surface area contributed by atoms with Gasteiger partial charge >= 0.3 is 12.1 Å². The molecule has 0 aliphatic heterocycles. The fourth-order valence-corrected chi connectivity index (χ4v) is 4.88. The Hall–Kier alpha value is -0.600. The SMILES string of the molecule is CCC(C(=O)O)N(C(=O)OCc1ccccc1)C(PCl)PCl. The summed E-state index contributed by atoms with van der Waals surface area (Å²) in [5.41, 5.74) is 0.269. The highest BCUT2D eigenvalue weighted by atomic mass is 35.7. The van der Waals surface area contributed by atoms with E-state index in [0.717, 1.165) is 10.5 Å². The number of ether oxygens (including phenoxy) is 1. The number of hydrogen-bond donors (Lipinski definition) is 1. The van der Waals surface area contributed by atoms with E-state index in [1.165, 1.54) is 0 Å². The summed E-state index contributed by atoms with van der Waals surface area (Å²) < 4.78 is 5.22. The van der Waals surface area contributed by atoms with Crippen LogP contribution >= 0.6 is 38.3 Å². The molecule has 1 amide bonds. The molecule has 0 saturated carbocycles. The summed E-state index contributed by atoms with van der Waals surface area (Å²) in [6.45, 7) is 1.75. The molecule has 0 spiro atoms. The van der Waals surface area contributed by atoms with Crippen molar-refractivity contribution in [2.75, 3.05) is 0 Å². The van der Waals surface area contributed by atoms with E-state index >= 15 is 0 Å². The van der Waals surface area contributed by atoms with Gasteiger partial charge < -0.3 is 9.84 Å². The molecule has 22 heavy (non-hydrogen) atoms. The maximum Gasteiger partial charge on any atom is 0.411 e. The van der Waals surface area contributed by atoms with Gasteiger partial charge in [-0.05, 0) is 12.0 Å². The molecule has 0 heterocycles. The highest BCUT2D eigenvalue weighted by molar-refractivity contribution is 7.83. The van der Waals surface area contributed by atoms with Crippen LogP contribution in [0.3, 0.4) is 0 Å². The van der Waals surface area contributed by atoms with Gasteiger partial charge in [0, 0.05) is 15.9 Å². The van der Waals surface area contributed by atoms with Crippen LogP contribution in [-0.2, 0) is 16.1 Å². The first-order valence-corrected chi connectivity index (χ1v) is 10.7. The molecule has 0 fully saturated rings. The maximum absolute atomic E-state index is 12.3. The zero-order valence-corrected chi connectivity index (χ0v) is 15.3. The van der Waals surface area contributed by atoms with Crippen LogP contribution in [0.4, 0.5) is 4.79 Å². The second kappa shape index (κ2) is 10.2. The Kier molecular flexibility index (Phi) is 9.04. The average molecular weight is 384 g/mol. The van der Waals surface area contributed by atoms with Crippen molar-refractivity contribution < 1.29 is 19.4 Å². The molecule has 5 nitrogen and oxygen atoms in total. The summed E-state index contributed by atoms with van der Waals surface area (Å²) in [5, 5.41) is 9.29. The smallest absolute Gasteiger partial charge is 0.411 e. The third-order valence-corrected chi connectivity index (χ3v) is 7.08. The minimum Gasteiger partial charge on any atom is -0.480 e. The number of carbonyl (C=O) groups is 2. The molecule has 1 rings (SSSR count). The molecule has 0 radical (unpaired) electrons. The molecule has 9 heteroatoms. The second-order valence-corrected chi connectivity index (χ2v) is 7.75. The fourth-order valence-electron chi connectivity index (χ4n) is 1.82. The van der Waals surface area contributed by atoms with Crippen LogP contribution in [0, 0.1) is 0 Å². The quantitative estimate of drug-likeness (QED) is 0.674. The molecule has 0 aromatic heterocycles. The third-order valence-electron chi connectivity index (χ3n) is 2.91. The average Bonchev–Trinajstić information content (AvgIpc) is 2.53. The zero-order chi connectivity index (χ0) is 16.5. The molecular formula is C13H17Cl2NO4P2. The van der Waals surface area contributed by atoms with E-state index < -0.39 is 23.6 Å². The molecule has 1 aromatic rings. The van der Waals surface area contributed by atoms with Crippen molar-refractivity contribution in [2.45, 2.75) is 31.5 Å². The fraction of sp³-hybridized carbons (Fsp3) is 0.385. The van der Waals surface area contributed by atoms with Gasteiger partial charge in [-0.3, -0.25) is 4.90 Å². The summed E-state index contributed by atoms with van der Waals surface area (Å²) in [5.74, 6) is -1.10. The molecule has 0 aliphatic carbocycles. The van der Waals surface area contributed by atoms with Gasteiger partial charge in [-0.25, -0.2) is 9.59 Å². The Morgan fingerprint density at radius 2 is 1.86 bits per heavy atom. The lowest BCUT2D eigenvalue weighted by Crippen LogP contribution is -2.47. The molecule has 1 N–H and O–H groups in total. The minimum absolute atomic E-state index is 0.0652. The van der Waals surface area contributed by atoms with E-state index in [9.17, 15) is 14.7 Å². The normalized spacial score (nSPS) is 14.3. The van der Waals surface area contributed by atoms with E-state index in [4.69, 9.17) is 27.2 Å². The number of rotatable bonds is 8. The predicted molar refractivity (Wildman–Crippen MR) is 92.3 cm³/mol. The summed E-state index contributed by atoms with van der Waals surface area (Å²) in [4.78, 5) is 24.8. The highest BCUT2D eigenvalue weighted by Crippen LogP contribution is 2.44. The number of hydrogen-bond acceptors (Lipinski definition) is 3. The lowest BCUT2D eigenvalue weighted by molar-refractivity contribution is -0.142. The van der Waals surface area contributed by atoms with Crippen molar-refractivity contribution in [3.05, 3.63) is 35.9 Å². The van der Waals surface area contributed by atoms with E-state index in [-0.39, 0.29) is 28.9 Å². The first-order valence-electron chi connectivity index (χ1n) is 6.49. The molecule has 3 unspecified atom stereocenters. The third kappa shape index (κ3) is 5.55. The van der Waals surface area contributed by atoms with Crippen molar-refractivity contribution >= 4 is 50.4 Å². The standard InChI is InChI=1S/C13H17Cl2NO4P2/c1-2-10(11(17)18)16(13(21-14)22-15)12(19)20-8-9-6-4-3-5-7-9/h3-7,10,13,21-22H,2,8H2,1H3,(H,17,18). The molecular weight excluding hydrogens is 367 g/mol. The minimum atomic E-state index is -1.10. The molecule has 1 aromatic carbocycles. The Bertz CT molecular complexity index is 488. The van der Waals surface area contributed by atoms with Crippen LogP contribution in [0.5, 0.6) is 0 Å². The van der Waals surface area contributed by atoms with E-state index in [1.54, 1.807) is 6.92 Å². The summed E-state index contributed by atoms with van der Waals surface area (Å²) in [6.07, 6.45) is -0.473. The Morgan fingerprint density at radius 3 is 2.32 bits per heavy atom. The van der Waals surface area contributed by atoms with Crippen molar-refractivity contribution in [3.8, 4) is 0 Å². The Labute approximate surface area is 142 Å². The van der Waals surface area contributed by atoms with Gasteiger partial charge in [0.15, 0.2) is 0 Å². The van der Waals surface area contributed by atoms with Crippen LogP contribution in [0.25, 0.3) is 0 Å². The summed E-state index contributed by atoms with van der Waals surface area (Å²) in [7, 11) is -0.408. The van der Waals surface area contributed by atoms with Gasteiger partial charge in [0.25, 0.3) is 0 Å². The van der Waals surface area contributed by atoms with E-state index in [0.29, 0.717) is 0 Å². The number of aliphatic carboxylic acids is 1. The van der Waals surface area contributed by atoms with Gasteiger partial charge in [-0.1, -0.05) is 59.7 Å². The predicted octanol–water partition coefficient (Wildman–Crippen LogP) is 4.44. The van der Waals surface area contributed by atoms with Crippen molar-refractivity contribution in [1.29, 1.82) is 0 Å². The van der Waals surface area contributed by atoms with Crippen molar-refractivity contribution in [1.82, 2.24) is 4.90 Å². The van der Waals surface area contributed by atoms with Crippen LogP contribution in [0.1, 0.15) is 18.9 Å². The Balaban J connectivity index is 2.85. The van der Waals surface area contributed by atoms with Crippen molar-refractivity contribution in [2.24, 2.45) is 0 Å². The van der Waals surface area contributed by atoms with Gasteiger partial charge in [0.1, 0.15) is 12.6 Å². The zero-order valence-electron chi connectivity index (χ0n) is 11.8. The first-order chi connectivity index (χ1) is 10.5. The lowest BCUT2D eigenvalue weighted by atomic mass is 10.2. The van der Waals surface area contributed by atoms with E-state index in [1.807, 2.05) is 30.3 Å². The Morgan fingerprint density at radius 1 is 1.27 bits per heavy atom. The van der Waals surface area contributed by atoms with Gasteiger partial charge in [0.05, 0.1) is 5.52 Å². The van der Waals surface area contributed by atoms with Crippen molar-refractivity contribution in [3.63, 3.8) is 0 Å². The van der Waals surface area contributed by atoms with Crippen LogP contribution in [-0.4, -0.2) is 33.6 Å². The monoisotopic (exact) mass is 383 g/mol. The van der Waals surface area contributed by atoms with Gasteiger partial charge in [-0.2, -0.15) is 0 Å². The molecule has 0 saturated heterocycles. The number of nitrogens with zero attached hydrogens (tertiary/aromatic N) is 1. The van der Waals surface area contributed by atoms with Gasteiger partial charge in [0.2, 0.25) is 0 Å². The number of carbonyl (C=O) groups excluding carboxylic acids is 1. The topological polar surface area (TPSA) is 66.8 Å². The summed E-state index contributed by atoms with van der Waals surface area (Å²) >= 11 is 11.7. The number of halogens is 2. The maximum atomic E-state index is 12.3. The number of carboxylic acid groups (broad SMARTS) is 1. The molecule has 0 bridgehead atoms. The lowest BCUT2D eigenvalue weighted by Gasteiger charge is -2.32. The number of carboxylic acids is 1. The highest BCUT2D eigenvalue weighted by Gasteiger charge is 2.35. The molecule has 0 aliphatic rings. The van der Waals surface area contributed by atoms with Crippen LogP contribution in [0.15, 0.2) is 30.3 Å². The largest absolute Gasteiger partial charge is 0.480 e. The number of amides is 1. The van der Waals surface area contributed by atoms with E-state index in [2.05, 4.69) is 0 Å². The summed E-state index contributed by atoms with van der Waals surface area (Å²) in [6, 6.07) is 8.14. The second-order valence-electron chi connectivity index (χ2n) is 4.33. The number of benzene rings is 1. The molecule has 3 atom stereocenters. The van der Waals surface area contributed by atoms with Crippen LogP contribution < -0.4 is 0 Å². The molecule has 122 valence electrons. The first kappa shape index (κ1) is 19.4. The van der Waals surface area contributed by atoms with Gasteiger partial charge in [-0.15, -0.1) is 0 Å².